The Bertz CT molecular complexity index is 824. The van der Waals surface area contributed by atoms with Gasteiger partial charge >= 0.3 is 11.8 Å². The molecule has 180 valence electrons. The SMILES string of the molecule is CC[C@H](C)N(C[C@@H](C)[C@@H](C)CN(C)C(=O)OC(C)(C)C)C(=O)c1cccc([N+](=O)[O-])c1F. The summed E-state index contributed by atoms with van der Waals surface area (Å²) in [6.45, 7) is 13.8. The molecule has 0 aromatic heterocycles. The van der Waals surface area contributed by atoms with Crippen molar-refractivity contribution in [3.8, 4) is 0 Å². The molecule has 0 bridgehead atoms. The largest absolute Gasteiger partial charge is 0.444 e. The standard InChI is InChI=1S/C23H36FN3O5/c1-9-17(4)26(21(28)18-11-10-12-19(20(18)24)27(30)31)14-16(3)15(2)13-25(8)22(29)32-23(5,6)7/h10-12,15-17H,9,13-14H2,1-8H3/t15-,16+,17-/m0/s1. The first-order valence-electron chi connectivity index (χ1n) is 10.9. The first-order chi connectivity index (χ1) is 14.7. The predicted octanol–water partition coefficient (Wildman–Crippen LogP) is 5.11. The van der Waals surface area contributed by atoms with E-state index in [0.717, 1.165) is 6.07 Å². The number of hydrogen-bond donors (Lipinski definition) is 0. The Morgan fingerprint density at radius 3 is 2.22 bits per heavy atom. The predicted molar refractivity (Wildman–Crippen MR) is 121 cm³/mol. The Morgan fingerprint density at radius 2 is 1.72 bits per heavy atom. The van der Waals surface area contributed by atoms with Crippen LogP contribution in [-0.4, -0.2) is 58.5 Å². The number of carbonyl (C=O) groups excluding carboxylic acids is 2. The van der Waals surface area contributed by atoms with Gasteiger partial charge in [-0.05, 0) is 52.0 Å². The van der Waals surface area contributed by atoms with Gasteiger partial charge < -0.3 is 14.5 Å². The van der Waals surface area contributed by atoms with Gasteiger partial charge in [-0.3, -0.25) is 14.9 Å². The Labute approximate surface area is 189 Å². The van der Waals surface area contributed by atoms with Gasteiger partial charge in [-0.15, -0.1) is 0 Å². The second-order valence-electron chi connectivity index (χ2n) is 9.43. The number of amides is 2. The number of nitro benzene ring substituents is 1. The van der Waals surface area contributed by atoms with E-state index in [0.29, 0.717) is 19.5 Å². The maximum atomic E-state index is 14.6. The molecule has 0 spiro atoms. The Balaban J connectivity index is 3.00. The minimum Gasteiger partial charge on any atom is -0.444 e. The van der Waals surface area contributed by atoms with Crippen molar-refractivity contribution in [1.29, 1.82) is 0 Å². The van der Waals surface area contributed by atoms with Crippen LogP contribution < -0.4 is 0 Å². The Morgan fingerprint density at radius 1 is 1.16 bits per heavy atom. The van der Waals surface area contributed by atoms with E-state index >= 15 is 0 Å². The minimum absolute atomic E-state index is 0.0156. The molecule has 1 aromatic carbocycles. The van der Waals surface area contributed by atoms with Crippen LogP contribution in [0.1, 0.15) is 65.2 Å². The Kier molecular flexibility index (Phi) is 9.60. The summed E-state index contributed by atoms with van der Waals surface area (Å²) in [4.78, 5) is 38.7. The molecule has 0 aliphatic heterocycles. The molecule has 0 saturated carbocycles. The number of ether oxygens (including phenoxy) is 1. The number of halogens is 1. The summed E-state index contributed by atoms with van der Waals surface area (Å²) in [6.07, 6.45) is 0.214. The highest BCUT2D eigenvalue weighted by molar-refractivity contribution is 5.95. The van der Waals surface area contributed by atoms with Crippen LogP contribution in [0.3, 0.4) is 0 Å². The van der Waals surface area contributed by atoms with Crippen molar-refractivity contribution in [2.45, 2.75) is 66.5 Å². The Hall–Kier alpha value is -2.71. The summed E-state index contributed by atoms with van der Waals surface area (Å²) in [5.41, 5.74) is -1.63. The number of rotatable bonds is 9. The summed E-state index contributed by atoms with van der Waals surface area (Å²) < 4.78 is 20.0. The maximum Gasteiger partial charge on any atom is 0.410 e. The van der Waals surface area contributed by atoms with Gasteiger partial charge in [0.25, 0.3) is 5.91 Å². The lowest BCUT2D eigenvalue weighted by molar-refractivity contribution is -0.387. The van der Waals surface area contributed by atoms with Crippen molar-refractivity contribution in [2.75, 3.05) is 20.1 Å². The quantitative estimate of drug-likeness (QED) is 0.382. The van der Waals surface area contributed by atoms with Crippen LogP contribution in [0.25, 0.3) is 0 Å². The van der Waals surface area contributed by atoms with E-state index in [4.69, 9.17) is 4.74 Å². The molecule has 0 unspecified atom stereocenters. The lowest BCUT2D eigenvalue weighted by Crippen LogP contribution is -2.44. The topological polar surface area (TPSA) is 93.0 Å². The summed E-state index contributed by atoms with van der Waals surface area (Å²) >= 11 is 0. The molecular weight excluding hydrogens is 417 g/mol. The van der Waals surface area contributed by atoms with Crippen molar-refractivity contribution in [3.05, 3.63) is 39.7 Å². The second-order valence-corrected chi connectivity index (χ2v) is 9.43. The zero-order valence-electron chi connectivity index (χ0n) is 20.3. The van der Waals surface area contributed by atoms with E-state index in [2.05, 4.69) is 0 Å². The zero-order chi connectivity index (χ0) is 24.8. The van der Waals surface area contributed by atoms with Gasteiger partial charge in [0, 0.05) is 32.2 Å². The lowest BCUT2D eigenvalue weighted by Gasteiger charge is -2.34. The van der Waals surface area contributed by atoms with Crippen molar-refractivity contribution in [3.63, 3.8) is 0 Å². The third kappa shape index (κ3) is 7.46. The highest BCUT2D eigenvalue weighted by Gasteiger charge is 2.30. The summed E-state index contributed by atoms with van der Waals surface area (Å²) in [5.74, 6) is -1.72. The molecule has 1 aromatic rings. The van der Waals surface area contributed by atoms with Crippen molar-refractivity contribution >= 4 is 17.7 Å². The average Bonchev–Trinajstić information content (AvgIpc) is 2.69. The molecular formula is C23H36FN3O5. The summed E-state index contributed by atoms with van der Waals surface area (Å²) in [5, 5.41) is 11.1. The van der Waals surface area contributed by atoms with Crippen molar-refractivity contribution < 1.29 is 23.6 Å². The molecule has 32 heavy (non-hydrogen) atoms. The molecule has 1 rings (SSSR count). The first kappa shape index (κ1) is 27.3. The fourth-order valence-electron chi connectivity index (χ4n) is 3.18. The molecule has 8 nitrogen and oxygen atoms in total. The van der Waals surface area contributed by atoms with Crippen LogP contribution in [0.2, 0.25) is 0 Å². The van der Waals surface area contributed by atoms with Crippen molar-refractivity contribution in [1.82, 2.24) is 9.80 Å². The fraction of sp³-hybridized carbons (Fsp3) is 0.652. The smallest absolute Gasteiger partial charge is 0.410 e. The number of benzene rings is 1. The van der Waals surface area contributed by atoms with Crippen LogP contribution in [0, 0.1) is 27.8 Å². The molecule has 0 fully saturated rings. The fourth-order valence-corrected chi connectivity index (χ4v) is 3.18. The third-order valence-electron chi connectivity index (χ3n) is 5.51. The minimum atomic E-state index is -1.12. The molecule has 0 aliphatic carbocycles. The van der Waals surface area contributed by atoms with Gasteiger partial charge in [0.15, 0.2) is 0 Å². The second kappa shape index (κ2) is 11.2. The van der Waals surface area contributed by atoms with Crippen LogP contribution in [-0.2, 0) is 4.74 Å². The number of nitrogens with zero attached hydrogens (tertiary/aromatic N) is 3. The lowest BCUT2D eigenvalue weighted by atomic mass is 9.94. The van der Waals surface area contributed by atoms with E-state index in [1.807, 2.05) is 27.7 Å². The maximum absolute atomic E-state index is 14.6. The molecule has 2 amide bonds. The van der Waals surface area contributed by atoms with Gasteiger partial charge in [0.2, 0.25) is 5.82 Å². The third-order valence-corrected chi connectivity index (χ3v) is 5.51. The van der Waals surface area contributed by atoms with Gasteiger partial charge in [0.1, 0.15) is 5.60 Å². The number of hydrogen-bond acceptors (Lipinski definition) is 5. The number of nitro groups is 1. The highest BCUT2D eigenvalue weighted by Crippen LogP contribution is 2.24. The molecule has 0 aliphatic rings. The van der Waals surface area contributed by atoms with E-state index in [9.17, 15) is 24.1 Å². The highest BCUT2D eigenvalue weighted by atomic mass is 19.1. The normalized spacial score (nSPS) is 14.3. The van der Waals surface area contributed by atoms with Gasteiger partial charge in [-0.1, -0.05) is 26.8 Å². The van der Waals surface area contributed by atoms with E-state index < -0.39 is 34.0 Å². The molecule has 0 N–H and O–H groups in total. The van der Waals surface area contributed by atoms with E-state index in [1.54, 1.807) is 32.7 Å². The van der Waals surface area contributed by atoms with E-state index in [-0.39, 0.29) is 23.4 Å². The molecule has 0 radical (unpaired) electrons. The van der Waals surface area contributed by atoms with E-state index in [1.165, 1.54) is 17.0 Å². The molecule has 9 heteroatoms. The molecule has 3 atom stereocenters. The van der Waals surface area contributed by atoms with Gasteiger partial charge in [-0.25, -0.2) is 4.79 Å². The number of carbonyl (C=O) groups is 2. The monoisotopic (exact) mass is 453 g/mol. The van der Waals surface area contributed by atoms with Crippen LogP contribution in [0.15, 0.2) is 18.2 Å². The summed E-state index contributed by atoms with van der Waals surface area (Å²) in [6, 6.07) is 3.42. The van der Waals surface area contributed by atoms with Crippen LogP contribution in [0.5, 0.6) is 0 Å². The zero-order valence-corrected chi connectivity index (χ0v) is 20.3. The van der Waals surface area contributed by atoms with Crippen LogP contribution in [0.4, 0.5) is 14.9 Å². The van der Waals surface area contributed by atoms with Crippen LogP contribution >= 0.6 is 0 Å². The average molecular weight is 454 g/mol. The van der Waals surface area contributed by atoms with Gasteiger partial charge in [0.05, 0.1) is 10.5 Å². The van der Waals surface area contributed by atoms with Crippen molar-refractivity contribution in [2.24, 2.45) is 11.8 Å². The van der Waals surface area contributed by atoms with Gasteiger partial charge in [-0.2, -0.15) is 4.39 Å². The summed E-state index contributed by atoms with van der Waals surface area (Å²) in [7, 11) is 1.66. The first-order valence-corrected chi connectivity index (χ1v) is 10.9. The molecule has 0 saturated heterocycles. The molecule has 0 heterocycles.